The molecule has 1 N–H and O–H groups in total. The van der Waals surface area contributed by atoms with Crippen molar-refractivity contribution in [3.63, 3.8) is 0 Å². The lowest BCUT2D eigenvalue weighted by molar-refractivity contribution is 0.134. The van der Waals surface area contributed by atoms with Crippen molar-refractivity contribution in [3.8, 4) is 0 Å². The van der Waals surface area contributed by atoms with Gasteiger partial charge in [0, 0.05) is 12.2 Å². The van der Waals surface area contributed by atoms with Crippen LogP contribution in [0.25, 0.3) is 0 Å². The highest BCUT2D eigenvalue weighted by Crippen LogP contribution is 2.28. The monoisotopic (exact) mass is 231 g/mol. The highest BCUT2D eigenvalue weighted by Gasteiger charge is 2.14. The van der Waals surface area contributed by atoms with E-state index in [4.69, 9.17) is 4.74 Å². The Labute approximate surface area is 103 Å². The van der Waals surface area contributed by atoms with Gasteiger partial charge >= 0.3 is 0 Å². The number of anilines is 1. The molecule has 17 heavy (non-hydrogen) atoms. The number of ether oxygens (including phenoxy) is 1. The van der Waals surface area contributed by atoms with Gasteiger partial charge in [-0.2, -0.15) is 0 Å². The number of hydrogen-bond acceptors (Lipinski definition) is 2. The summed E-state index contributed by atoms with van der Waals surface area (Å²) in [6.07, 6.45) is 7.11. The highest BCUT2D eigenvalue weighted by atomic mass is 16.5. The topological polar surface area (TPSA) is 21.3 Å². The Morgan fingerprint density at radius 1 is 1.12 bits per heavy atom. The lowest BCUT2D eigenvalue weighted by Crippen LogP contribution is -2.06. The van der Waals surface area contributed by atoms with Gasteiger partial charge in [-0.1, -0.05) is 31.7 Å². The summed E-state index contributed by atoms with van der Waals surface area (Å²) in [6.45, 7) is 2.69. The van der Waals surface area contributed by atoms with E-state index < -0.39 is 0 Å². The van der Waals surface area contributed by atoms with Crippen molar-refractivity contribution >= 4 is 5.69 Å². The molecule has 2 heteroatoms. The van der Waals surface area contributed by atoms with E-state index in [1.807, 2.05) is 0 Å². The molecule has 0 atom stereocenters. The van der Waals surface area contributed by atoms with E-state index in [0.717, 1.165) is 25.7 Å². The molecule has 0 aromatic heterocycles. The number of hydrogen-bond donors (Lipinski definition) is 1. The van der Waals surface area contributed by atoms with Gasteiger partial charge in [0.2, 0.25) is 0 Å². The summed E-state index contributed by atoms with van der Waals surface area (Å²) >= 11 is 0. The first kappa shape index (κ1) is 11.1. The standard InChI is InChI=1S/C15H21NO/c1-2-4-12(3-1)7-8-16-15-6-5-13-10-17-11-14(13)9-15/h5-6,9,12,16H,1-4,7-8,10-11H2. The predicted molar refractivity (Wildman–Crippen MR) is 70.0 cm³/mol. The van der Waals surface area contributed by atoms with Crippen LogP contribution in [0.5, 0.6) is 0 Å². The Kier molecular flexibility index (Phi) is 3.32. The normalized spacial score (nSPS) is 19.5. The second-order valence-corrected chi connectivity index (χ2v) is 5.34. The molecular weight excluding hydrogens is 210 g/mol. The van der Waals surface area contributed by atoms with Crippen LogP contribution in [-0.2, 0) is 18.0 Å². The average molecular weight is 231 g/mol. The fourth-order valence-electron chi connectivity index (χ4n) is 3.00. The maximum atomic E-state index is 5.43. The molecule has 1 aromatic carbocycles. The maximum Gasteiger partial charge on any atom is 0.0725 e. The Morgan fingerprint density at radius 3 is 2.82 bits per heavy atom. The highest BCUT2D eigenvalue weighted by molar-refractivity contribution is 5.49. The van der Waals surface area contributed by atoms with Crippen molar-refractivity contribution in [1.29, 1.82) is 0 Å². The van der Waals surface area contributed by atoms with E-state index >= 15 is 0 Å². The van der Waals surface area contributed by atoms with E-state index in [-0.39, 0.29) is 0 Å². The van der Waals surface area contributed by atoms with Crippen LogP contribution < -0.4 is 5.32 Å². The molecule has 2 aliphatic rings. The van der Waals surface area contributed by atoms with E-state index in [0.29, 0.717) is 0 Å². The van der Waals surface area contributed by atoms with Crippen molar-refractivity contribution in [2.45, 2.75) is 45.3 Å². The molecule has 3 rings (SSSR count). The SMILES string of the molecule is c1cc2c(cc1NCCC1CCCC1)COC2. The van der Waals surface area contributed by atoms with Crippen LogP contribution >= 0.6 is 0 Å². The summed E-state index contributed by atoms with van der Waals surface area (Å²) in [5, 5.41) is 3.55. The molecule has 0 bridgehead atoms. The molecule has 92 valence electrons. The second kappa shape index (κ2) is 5.09. The third-order valence-corrected chi connectivity index (χ3v) is 4.08. The molecule has 0 spiro atoms. The molecule has 2 nitrogen and oxygen atoms in total. The molecule has 0 radical (unpaired) electrons. The smallest absolute Gasteiger partial charge is 0.0725 e. The number of rotatable bonds is 4. The molecule has 1 saturated carbocycles. The number of nitrogens with one attached hydrogen (secondary N) is 1. The van der Waals surface area contributed by atoms with Crippen LogP contribution in [0.3, 0.4) is 0 Å². The summed E-state index contributed by atoms with van der Waals surface area (Å²) in [7, 11) is 0. The third kappa shape index (κ3) is 2.63. The zero-order valence-electron chi connectivity index (χ0n) is 10.4. The minimum absolute atomic E-state index is 0.785. The summed E-state index contributed by atoms with van der Waals surface area (Å²) < 4.78 is 5.43. The Hall–Kier alpha value is -1.02. The molecule has 1 heterocycles. The summed E-state index contributed by atoms with van der Waals surface area (Å²) in [6, 6.07) is 6.62. The molecule has 1 fully saturated rings. The Bertz CT molecular complexity index is 383. The van der Waals surface area contributed by atoms with Crippen LogP contribution in [-0.4, -0.2) is 6.54 Å². The number of fused-ring (bicyclic) bond motifs is 1. The van der Waals surface area contributed by atoms with Gasteiger partial charge in [-0.05, 0) is 35.6 Å². The molecule has 1 aliphatic heterocycles. The van der Waals surface area contributed by atoms with Crippen molar-refractivity contribution in [2.75, 3.05) is 11.9 Å². The minimum atomic E-state index is 0.785. The molecule has 0 amide bonds. The van der Waals surface area contributed by atoms with Crippen molar-refractivity contribution in [1.82, 2.24) is 0 Å². The number of benzene rings is 1. The zero-order valence-corrected chi connectivity index (χ0v) is 10.4. The maximum absolute atomic E-state index is 5.43. The van der Waals surface area contributed by atoms with Crippen LogP contribution in [0.2, 0.25) is 0 Å². The molecular formula is C15H21NO. The van der Waals surface area contributed by atoms with Crippen LogP contribution in [0.4, 0.5) is 5.69 Å². The third-order valence-electron chi connectivity index (χ3n) is 4.08. The first-order chi connectivity index (χ1) is 8.42. The summed E-state index contributed by atoms with van der Waals surface area (Å²) in [4.78, 5) is 0. The van der Waals surface area contributed by atoms with Gasteiger partial charge in [0.15, 0.2) is 0 Å². The molecule has 0 saturated heterocycles. The largest absolute Gasteiger partial charge is 0.385 e. The van der Waals surface area contributed by atoms with Crippen molar-refractivity contribution in [2.24, 2.45) is 5.92 Å². The van der Waals surface area contributed by atoms with E-state index in [1.54, 1.807) is 0 Å². The first-order valence-corrected chi connectivity index (χ1v) is 6.85. The van der Waals surface area contributed by atoms with E-state index in [2.05, 4.69) is 23.5 Å². The lowest BCUT2D eigenvalue weighted by Gasteiger charge is -2.11. The molecule has 1 aliphatic carbocycles. The minimum Gasteiger partial charge on any atom is -0.385 e. The van der Waals surface area contributed by atoms with Crippen molar-refractivity contribution < 1.29 is 4.74 Å². The van der Waals surface area contributed by atoms with Gasteiger partial charge in [0.25, 0.3) is 0 Å². The quantitative estimate of drug-likeness (QED) is 0.853. The fourth-order valence-corrected chi connectivity index (χ4v) is 3.00. The van der Waals surface area contributed by atoms with Gasteiger partial charge in [-0.25, -0.2) is 0 Å². The predicted octanol–water partition coefficient (Wildman–Crippen LogP) is 3.71. The lowest BCUT2D eigenvalue weighted by atomic mass is 10.0. The first-order valence-electron chi connectivity index (χ1n) is 6.85. The molecule has 0 unspecified atom stereocenters. The van der Waals surface area contributed by atoms with Crippen LogP contribution in [0.1, 0.15) is 43.2 Å². The van der Waals surface area contributed by atoms with E-state index in [1.165, 1.54) is 48.9 Å². The van der Waals surface area contributed by atoms with Gasteiger partial charge < -0.3 is 10.1 Å². The van der Waals surface area contributed by atoms with Gasteiger partial charge in [0.1, 0.15) is 0 Å². The van der Waals surface area contributed by atoms with E-state index in [9.17, 15) is 0 Å². The van der Waals surface area contributed by atoms with Gasteiger partial charge in [-0.3, -0.25) is 0 Å². The second-order valence-electron chi connectivity index (χ2n) is 5.34. The fraction of sp³-hybridized carbons (Fsp3) is 0.600. The van der Waals surface area contributed by atoms with Crippen LogP contribution in [0.15, 0.2) is 18.2 Å². The van der Waals surface area contributed by atoms with Crippen molar-refractivity contribution in [3.05, 3.63) is 29.3 Å². The Balaban J connectivity index is 1.51. The average Bonchev–Trinajstić information content (AvgIpc) is 2.98. The summed E-state index contributed by atoms with van der Waals surface area (Å²) in [5.41, 5.74) is 3.97. The summed E-state index contributed by atoms with van der Waals surface area (Å²) in [5.74, 6) is 0.972. The van der Waals surface area contributed by atoms with Gasteiger partial charge in [-0.15, -0.1) is 0 Å². The zero-order chi connectivity index (χ0) is 11.5. The van der Waals surface area contributed by atoms with Crippen LogP contribution in [0, 0.1) is 5.92 Å². The van der Waals surface area contributed by atoms with Gasteiger partial charge in [0.05, 0.1) is 13.2 Å². The molecule has 1 aromatic rings. The Morgan fingerprint density at radius 2 is 1.94 bits per heavy atom.